The Morgan fingerprint density at radius 3 is 1.33 bits per heavy atom. The van der Waals surface area contributed by atoms with Crippen molar-refractivity contribution in [3.05, 3.63) is 0 Å². The molecular weight excluding hydrogens is 176 g/mol. The van der Waals surface area contributed by atoms with Crippen molar-refractivity contribution in [2.45, 2.75) is 12.2 Å². The number of carbonyl (C=O) groups excluding carboxylic acids is 2. The van der Waals surface area contributed by atoms with Crippen LogP contribution < -0.4 is 0 Å². The molecule has 0 radical (unpaired) electrons. The first-order chi connectivity index (χ1) is 5.54. The second-order valence-electron chi connectivity index (χ2n) is 1.71. The Balaban J connectivity index is 4.18. The van der Waals surface area contributed by atoms with Crippen molar-refractivity contribution in [3.8, 4) is 0 Å². The van der Waals surface area contributed by atoms with Crippen molar-refractivity contribution in [2.75, 3.05) is 0 Å². The third-order valence-corrected chi connectivity index (χ3v) is 0.962. The minimum atomic E-state index is -2.31. The fourth-order valence-electron chi connectivity index (χ4n) is 0.366. The molecule has 0 saturated heterocycles. The molecule has 0 amide bonds. The molecule has 0 aromatic rings. The highest BCUT2D eigenvalue weighted by molar-refractivity contribution is 5.84. The van der Waals surface area contributed by atoms with Gasteiger partial charge in [-0.05, 0) is 0 Å². The van der Waals surface area contributed by atoms with Gasteiger partial charge in [0.25, 0.3) is 0 Å². The van der Waals surface area contributed by atoms with Gasteiger partial charge in [0.1, 0.15) is 0 Å². The van der Waals surface area contributed by atoms with Gasteiger partial charge >= 0.3 is 11.9 Å². The summed E-state index contributed by atoms with van der Waals surface area (Å²) in [5.41, 5.74) is 0. The first-order valence-electron chi connectivity index (χ1n) is 2.61. The molecule has 0 saturated carbocycles. The SMILES string of the molecule is O=C(OO)[C@H](O)[C@@H](O)C(=O)OO. The molecule has 0 aromatic heterocycles. The van der Waals surface area contributed by atoms with Crippen LogP contribution in [0, 0.1) is 0 Å². The van der Waals surface area contributed by atoms with Crippen LogP contribution in [0.5, 0.6) is 0 Å². The Morgan fingerprint density at radius 2 is 1.17 bits per heavy atom. The van der Waals surface area contributed by atoms with Crippen molar-refractivity contribution >= 4 is 11.9 Å². The lowest BCUT2D eigenvalue weighted by Gasteiger charge is -2.10. The van der Waals surface area contributed by atoms with E-state index < -0.39 is 24.1 Å². The predicted molar refractivity (Wildman–Crippen MR) is 29.5 cm³/mol. The van der Waals surface area contributed by atoms with Crippen molar-refractivity contribution in [2.24, 2.45) is 0 Å². The molecule has 0 aliphatic carbocycles. The molecule has 2 atom stereocenters. The molecule has 0 heterocycles. The lowest BCUT2D eigenvalue weighted by molar-refractivity contribution is -0.258. The van der Waals surface area contributed by atoms with Crippen LogP contribution in [0.2, 0.25) is 0 Å². The molecule has 70 valence electrons. The normalized spacial score (nSPS) is 14.7. The van der Waals surface area contributed by atoms with E-state index in [-0.39, 0.29) is 0 Å². The van der Waals surface area contributed by atoms with Crippen molar-refractivity contribution in [1.29, 1.82) is 0 Å². The number of aliphatic hydroxyl groups is 2. The van der Waals surface area contributed by atoms with E-state index in [1.54, 1.807) is 0 Å². The third kappa shape index (κ3) is 2.43. The summed E-state index contributed by atoms with van der Waals surface area (Å²) in [4.78, 5) is 26.4. The van der Waals surface area contributed by atoms with Gasteiger partial charge in [-0.25, -0.2) is 9.59 Å². The van der Waals surface area contributed by atoms with Crippen LogP contribution >= 0.6 is 0 Å². The van der Waals surface area contributed by atoms with E-state index >= 15 is 0 Å². The third-order valence-electron chi connectivity index (χ3n) is 0.962. The average Bonchev–Trinajstić information content (AvgIpc) is 2.12. The van der Waals surface area contributed by atoms with E-state index in [1.165, 1.54) is 0 Å². The fourth-order valence-corrected chi connectivity index (χ4v) is 0.366. The second kappa shape index (κ2) is 4.62. The molecule has 0 aliphatic heterocycles. The van der Waals surface area contributed by atoms with Crippen LogP contribution in [-0.2, 0) is 19.4 Å². The van der Waals surface area contributed by atoms with E-state index in [2.05, 4.69) is 9.78 Å². The second-order valence-corrected chi connectivity index (χ2v) is 1.71. The smallest absolute Gasteiger partial charge is 0.373 e. The van der Waals surface area contributed by atoms with Crippen LogP contribution in [0.1, 0.15) is 0 Å². The van der Waals surface area contributed by atoms with E-state index in [0.717, 1.165) is 0 Å². The van der Waals surface area contributed by atoms with Crippen LogP contribution in [0.25, 0.3) is 0 Å². The van der Waals surface area contributed by atoms with Gasteiger partial charge in [-0.2, -0.15) is 10.5 Å². The molecule has 0 aromatic carbocycles. The Kier molecular flexibility index (Phi) is 4.15. The molecule has 8 nitrogen and oxygen atoms in total. The highest BCUT2D eigenvalue weighted by Crippen LogP contribution is 1.97. The summed E-state index contributed by atoms with van der Waals surface area (Å²) in [6.07, 6.45) is -4.62. The lowest BCUT2D eigenvalue weighted by atomic mass is 10.2. The van der Waals surface area contributed by atoms with Gasteiger partial charge in [-0.1, -0.05) is 0 Å². The number of hydrogen-bond donors (Lipinski definition) is 4. The Hall–Kier alpha value is -1.22. The van der Waals surface area contributed by atoms with Gasteiger partial charge in [-0.15, -0.1) is 0 Å². The predicted octanol–water partition coefficient (Wildman–Crippen LogP) is -2.26. The molecule has 0 fully saturated rings. The van der Waals surface area contributed by atoms with Gasteiger partial charge < -0.3 is 10.2 Å². The molecule has 0 unspecified atom stereocenters. The van der Waals surface area contributed by atoms with Gasteiger partial charge in [0, 0.05) is 0 Å². The summed E-state index contributed by atoms with van der Waals surface area (Å²) in [6.45, 7) is 0. The number of hydrogen-bond acceptors (Lipinski definition) is 8. The van der Waals surface area contributed by atoms with Gasteiger partial charge in [0.05, 0.1) is 0 Å². The number of aliphatic hydroxyl groups excluding tert-OH is 2. The highest BCUT2D eigenvalue weighted by atomic mass is 17.1. The summed E-state index contributed by atoms with van der Waals surface area (Å²) in [7, 11) is 0. The summed E-state index contributed by atoms with van der Waals surface area (Å²) >= 11 is 0. The van der Waals surface area contributed by atoms with E-state index in [4.69, 9.17) is 20.7 Å². The summed E-state index contributed by atoms with van der Waals surface area (Å²) < 4.78 is 0. The Morgan fingerprint density at radius 1 is 0.917 bits per heavy atom. The van der Waals surface area contributed by atoms with Crippen LogP contribution in [-0.4, -0.2) is 44.9 Å². The van der Waals surface area contributed by atoms with Crippen molar-refractivity contribution in [3.63, 3.8) is 0 Å². The molecular formula is C4H6O8. The first kappa shape index (κ1) is 10.8. The van der Waals surface area contributed by atoms with Gasteiger partial charge in [0.15, 0.2) is 12.2 Å². The van der Waals surface area contributed by atoms with E-state index in [1.807, 2.05) is 0 Å². The standard InChI is InChI=1S/C4H6O8/c5-1(3(7)11-9)2(6)4(8)12-10/h1-2,5-6,9-10H/t1-,2-/m1/s1. The topological polar surface area (TPSA) is 134 Å². The van der Waals surface area contributed by atoms with Crippen molar-refractivity contribution in [1.82, 2.24) is 0 Å². The maximum atomic E-state index is 10.2. The number of carbonyl (C=O) groups is 2. The maximum absolute atomic E-state index is 10.2. The van der Waals surface area contributed by atoms with Crippen molar-refractivity contribution < 1.29 is 40.1 Å². The fraction of sp³-hybridized carbons (Fsp3) is 0.500. The zero-order chi connectivity index (χ0) is 9.72. The molecule has 0 bridgehead atoms. The van der Waals surface area contributed by atoms with Gasteiger partial charge in [-0.3, -0.25) is 9.78 Å². The van der Waals surface area contributed by atoms with Crippen LogP contribution in [0.4, 0.5) is 0 Å². The Bertz CT molecular complexity index is 156. The van der Waals surface area contributed by atoms with Gasteiger partial charge in [0.2, 0.25) is 0 Å². The quantitative estimate of drug-likeness (QED) is 0.284. The van der Waals surface area contributed by atoms with Crippen LogP contribution in [0.3, 0.4) is 0 Å². The van der Waals surface area contributed by atoms with E-state index in [0.29, 0.717) is 0 Å². The minimum Gasteiger partial charge on any atom is -0.378 e. The first-order valence-corrected chi connectivity index (χ1v) is 2.61. The zero-order valence-corrected chi connectivity index (χ0v) is 5.58. The molecule has 0 rings (SSSR count). The molecule has 12 heavy (non-hydrogen) atoms. The Labute approximate surface area is 65.4 Å². The summed E-state index contributed by atoms with van der Waals surface area (Å²) in [5, 5.41) is 32.5. The monoisotopic (exact) mass is 182 g/mol. The largest absolute Gasteiger partial charge is 0.378 e. The van der Waals surface area contributed by atoms with E-state index in [9.17, 15) is 9.59 Å². The molecule has 4 N–H and O–H groups in total. The zero-order valence-electron chi connectivity index (χ0n) is 5.58. The molecule has 0 aliphatic rings. The molecule has 8 heteroatoms. The van der Waals surface area contributed by atoms with Crippen LogP contribution in [0.15, 0.2) is 0 Å². The summed E-state index contributed by atoms with van der Waals surface area (Å²) in [6, 6.07) is 0. The molecule has 0 spiro atoms. The maximum Gasteiger partial charge on any atom is 0.373 e. The minimum absolute atomic E-state index is 1.65. The average molecular weight is 182 g/mol. The number of rotatable bonds is 3. The lowest BCUT2D eigenvalue weighted by Crippen LogP contribution is -2.41. The highest BCUT2D eigenvalue weighted by Gasteiger charge is 2.33. The summed E-state index contributed by atoms with van der Waals surface area (Å²) in [5.74, 6) is -3.29.